The molecule has 2 heterocycles. The topological polar surface area (TPSA) is 77.0 Å². The Balaban J connectivity index is 2.06. The molecule has 1 aromatic heterocycles. The molecule has 0 saturated heterocycles. The molecule has 82 valence electrons. The Hall–Kier alpha value is -1.43. The van der Waals surface area contributed by atoms with Gasteiger partial charge in [0.25, 0.3) is 0 Å². The van der Waals surface area contributed by atoms with Crippen LogP contribution in [0.4, 0.5) is 0 Å². The number of nitrogens with two attached hydrogens (primary N) is 1. The van der Waals surface area contributed by atoms with E-state index in [0.29, 0.717) is 19.5 Å². The lowest BCUT2D eigenvalue weighted by Crippen LogP contribution is -2.46. The van der Waals surface area contributed by atoms with E-state index in [1.807, 2.05) is 11.5 Å². The van der Waals surface area contributed by atoms with Gasteiger partial charge in [-0.1, -0.05) is 6.92 Å². The van der Waals surface area contributed by atoms with E-state index in [-0.39, 0.29) is 11.9 Å². The molecule has 0 aliphatic carbocycles. The number of aromatic nitrogens is 3. The van der Waals surface area contributed by atoms with Gasteiger partial charge in [-0.2, -0.15) is 0 Å². The quantitative estimate of drug-likeness (QED) is 0.702. The van der Waals surface area contributed by atoms with Crippen molar-refractivity contribution in [3.63, 3.8) is 0 Å². The van der Waals surface area contributed by atoms with Crippen LogP contribution in [0.3, 0.4) is 0 Å². The first-order chi connectivity index (χ1) is 7.22. The Morgan fingerprint density at radius 3 is 3.20 bits per heavy atom. The maximum absolute atomic E-state index is 11.8. The maximum atomic E-state index is 11.8. The van der Waals surface area contributed by atoms with Crippen LogP contribution in [0, 0.1) is 0 Å². The van der Waals surface area contributed by atoms with Crippen molar-refractivity contribution in [2.45, 2.75) is 32.5 Å². The highest BCUT2D eigenvalue weighted by molar-refractivity contribution is 5.81. The SMILES string of the molecule is CC[C@@H](N)C(=O)N1CCn2cnnc2C1. The molecule has 6 nitrogen and oxygen atoms in total. The van der Waals surface area contributed by atoms with Gasteiger partial charge >= 0.3 is 0 Å². The molecular formula is C9H15N5O. The third kappa shape index (κ3) is 1.85. The van der Waals surface area contributed by atoms with E-state index in [0.717, 1.165) is 12.4 Å². The summed E-state index contributed by atoms with van der Waals surface area (Å²) >= 11 is 0. The number of carbonyl (C=O) groups is 1. The first-order valence-electron chi connectivity index (χ1n) is 5.13. The predicted octanol–water partition coefficient (Wildman–Crippen LogP) is -0.642. The highest BCUT2D eigenvalue weighted by atomic mass is 16.2. The van der Waals surface area contributed by atoms with Gasteiger partial charge < -0.3 is 15.2 Å². The highest BCUT2D eigenvalue weighted by Gasteiger charge is 2.24. The summed E-state index contributed by atoms with van der Waals surface area (Å²) in [6.07, 6.45) is 2.36. The fourth-order valence-corrected chi connectivity index (χ4v) is 1.66. The summed E-state index contributed by atoms with van der Waals surface area (Å²) in [7, 11) is 0. The molecule has 1 aliphatic heterocycles. The molecule has 6 heteroatoms. The molecular weight excluding hydrogens is 194 g/mol. The monoisotopic (exact) mass is 209 g/mol. The van der Waals surface area contributed by atoms with Crippen LogP contribution in [0.2, 0.25) is 0 Å². The van der Waals surface area contributed by atoms with E-state index in [1.165, 1.54) is 0 Å². The number of carbonyl (C=O) groups excluding carboxylic acids is 1. The average Bonchev–Trinajstić information content (AvgIpc) is 2.73. The number of amides is 1. The minimum absolute atomic E-state index is 0.00625. The van der Waals surface area contributed by atoms with Crippen molar-refractivity contribution in [2.75, 3.05) is 6.54 Å². The van der Waals surface area contributed by atoms with Crippen LogP contribution >= 0.6 is 0 Å². The van der Waals surface area contributed by atoms with Gasteiger partial charge in [0.1, 0.15) is 6.33 Å². The van der Waals surface area contributed by atoms with Crippen LogP contribution in [0.15, 0.2) is 6.33 Å². The van der Waals surface area contributed by atoms with Crippen LogP contribution in [0.5, 0.6) is 0 Å². The largest absolute Gasteiger partial charge is 0.332 e. The molecule has 1 amide bonds. The fourth-order valence-electron chi connectivity index (χ4n) is 1.66. The maximum Gasteiger partial charge on any atom is 0.239 e. The summed E-state index contributed by atoms with van der Waals surface area (Å²) in [4.78, 5) is 13.6. The Bertz CT molecular complexity index is 361. The van der Waals surface area contributed by atoms with Gasteiger partial charge in [0.2, 0.25) is 5.91 Å². The summed E-state index contributed by atoms with van der Waals surface area (Å²) in [5, 5.41) is 7.76. The Morgan fingerprint density at radius 1 is 1.67 bits per heavy atom. The van der Waals surface area contributed by atoms with Gasteiger partial charge in [0.05, 0.1) is 12.6 Å². The van der Waals surface area contributed by atoms with Gasteiger partial charge in [-0.05, 0) is 6.42 Å². The van der Waals surface area contributed by atoms with Crippen molar-refractivity contribution in [3.8, 4) is 0 Å². The summed E-state index contributed by atoms with van der Waals surface area (Å²) in [6, 6.07) is -0.389. The molecule has 1 atom stereocenters. The van der Waals surface area contributed by atoms with Gasteiger partial charge in [-0.3, -0.25) is 4.79 Å². The second-order valence-electron chi connectivity index (χ2n) is 3.72. The van der Waals surface area contributed by atoms with Crippen molar-refractivity contribution in [2.24, 2.45) is 5.73 Å². The molecule has 0 saturated carbocycles. The second kappa shape index (κ2) is 3.98. The van der Waals surface area contributed by atoms with Crippen LogP contribution < -0.4 is 5.73 Å². The lowest BCUT2D eigenvalue weighted by molar-refractivity contribution is -0.134. The minimum atomic E-state index is -0.389. The molecule has 2 rings (SSSR count). The molecule has 0 aromatic carbocycles. The molecule has 0 spiro atoms. The van der Waals surface area contributed by atoms with Gasteiger partial charge in [-0.25, -0.2) is 0 Å². The molecule has 0 bridgehead atoms. The van der Waals surface area contributed by atoms with Crippen molar-refractivity contribution in [3.05, 3.63) is 12.2 Å². The number of fused-ring (bicyclic) bond motifs is 1. The summed E-state index contributed by atoms with van der Waals surface area (Å²) < 4.78 is 1.96. The van der Waals surface area contributed by atoms with Crippen molar-refractivity contribution in [1.29, 1.82) is 0 Å². The zero-order chi connectivity index (χ0) is 10.8. The van der Waals surface area contributed by atoms with E-state index >= 15 is 0 Å². The van der Waals surface area contributed by atoms with Crippen LogP contribution in [-0.4, -0.2) is 38.2 Å². The fraction of sp³-hybridized carbons (Fsp3) is 0.667. The smallest absolute Gasteiger partial charge is 0.239 e. The number of hydrogen-bond acceptors (Lipinski definition) is 4. The average molecular weight is 209 g/mol. The molecule has 1 aromatic rings. The van der Waals surface area contributed by atoms with Crippen LogP contribution in [0.1, 0.15) is 19.2 Å². The van der Waals surface area contributed by atoms with Crippen LogP contribution in [0.25, 0.3) is 0 Å². The first kappa shape index (κ1) is 10.1. The Labute approximate surface area is 88.1 Å². The number of nitrogens with zero attached hydrogens (tertiary/aromatic N) is 4. The number of rotatable bonds is 2. The van der Waals surface area contributed by atoms with E-state index < -0.39 is 0 Å². The molecule has 0 radical (unpaired) electrons. The Morgan fingerprint density at radius 2 is 2.47 bits per heavy atom. The number of hydrogen-bond donors (Lipinski definition) is 1. The van der Waals surface area contributed by atoms with E-state index in [2.05, 4.69) is 10.2 Å². The van der Waals surface area contributed by atoms with Crippen molar-refractivity contribution in [1.82, 2.24) is 19.7 Å². The third-order valence-electron chi connectivity index (χ3n) is 2.71. The lowest BCUT2D eigenvalue weighted by Gasteiger charge is -2.28. The minimum Gasteiger partial charge on any atom is -0.332 e. The predicted molar refractivity (Wildman–Crippen MR) is 53.7 cm³/mol. The van der Waals surface area contributed by atoms with E-state index in [1.54, 1.807) is 11.2 Å². The van der Waals surface area contributed by atoms with E-state index in [9.17, 15) is 4.79 Å². The summed E-state index contributed by atoms with van der Waals surface area (Å²) in [6.45, 7) is 3.88. The van der Waals surface area contributed by atoms with Gasteiger partial charge in [0, 0.05) is 13.1 Å². The third-order valence-corrected chi connectivity index (χ3v) is 2.71. The molecule has 0 unspecified atom stereocenters. The second-order valence-corrected chi connectivity index (χ2v) is 3.72. The highest BCUT2D eigenvalue weighted by Crippen LogP contribution is 2.10. The van der Waals surface area contributed by atoms with Crippen molar-refractivity contribution >= 4 is 5.91 Å². The Kier molecular flexibility index (Phi) is 2.68. The van der Waals surface area contributed by atoms with E-state index in [4.69, 9.17) is 5.73 Å². The summed E-state index contributed by atoms with van der Waals surface area (Å²) in [5.41, 5.74) is 5.71. The van der Waals surface area contributed by atoms with Gasteiger partial charge in [0.15, 0.2) is 5.82 Å². The van der Waals surface area contributed by atoms with Gasteiger partial charge in [-0.15, -0.1) is 10.2 Å². The lowest BCUT2D eigenvalue weighted by atomic mass is 10.2. The standard InChI is InChI=1S/C9H15N5O/c1-2-7(10)9(15)13-3-4-14-6-11-12-8(14)5-13/h6-7H,2-5,10H2,1H3/t7-/m1/s1. The zero-order valence-electron chi connectivity index (χ0n) is 8.76. The normalized spacial score (nSPS) is 17.3. The molecule has 1 aliphatic rings. The summed E-state index contributed by atoms with van der Waals surface area (Å²) in [5.74, 6) is 0.838. The molecule has 2 N–H and O–H groups in total. The zero-order valence-corrected chi connectivity index (χ0v) is 8.76. The molecule has 15 heavy (non-hydrogen) atoms. The first-order valence-corrected chi connectivity index (χ1v) is 5.13. The van der Waals surface area contributed by atoms with Crippen LogP contribution in [-0.2, 0) is 17.9 Å². The van der Waals surface area contributed by atoms with Crippen molar-refractivity contribution < 1.29 is 4.79 Å². The molecule has 0 fully saturated rings.